The predicted molar refractivity (Wildman–Crippen MR) is 103 cm³/mol. The summed E-state index contributed by atoms with van der Waals surface area (Å²) in [6.07, 6.45) is 10.7. The first-order valence-electron chi connectivity index (χ1n) is 9.46. The molecular formula is C23H23ClF2. The lowest BCUT2D eigenvalue weighted by atomic mass is 9.74. The molecule has 0 spiro atoms. The summed E-state index contributed by atoms with van der Waals surface area (Å²) in [4.78, 5) is 0. The summed E-state index contributed by atoms with van der Waals surface area (Å²) in [5.74, 6) is -0.510. The maximum absolute atomic E-state index is 13.8. The van der Waals surface area contributed by atoms with Crippen molar-refractivity contribution in [3.05, 3.63) is 80.9 Å². The van der Waals surface area contributed by atoms with Crippen LogP contribution in [-0.4, -0.2) is 0 Å². The van der Waals surface area contributed by atoms with Gasteiger partial charge in [-0.3, -0.25) is 0 Å². The Bertz CT molecular complexity index is 846. The quantitative estimate of drug-likeness (QED) is 0.413. The zero-order chi connectivity index (χ0) is 18.3. The van der Waals surface area contributed by atoms with Crippen molar-refractivity contribution >= 4 is 11.6 Å². The maximum atomic E-state index is 13.8. The van der Waals surface area contributed by atoms with Crippen LogP contribution in [0.25, 0.3) is 0 Å². The fourth-order valence-electron chi connectivity index (χ4n) is 4.73. The van der Waals surface area contributed by atoms with Gasteiger partial charge in [0.25, 0.3) is 0 Å². The number of fused-ring (bicyclic) bond motifs is 3. The van der Waals surface area contributed by atoms with Gasteiger partial charge in [-0.1, -0.05) is 35.9 Å². The molecule has 0 aliphatic heterocycles. The molecule has 2 unspecified atom stereocenters. The second-order valence-electron chi connectivity index (χ2n) is 7.61. The van der Waals surface area contributed by atoms with Crippen molar-refractivity contribution in [1.82, 2.24) is 0 Å². The summed E-state index contributed by atoms with van der Waals surface area (Å²) in [5, 5.41) is -0.408. The van der Waals surface area contributed by atoms with Crippen molar-refractivity contribution in [3.63, 3.8) is 0 Å². The normalized spacial score (nSPS) is 22.3. The fraction of sp³-hybridized carbons (Fsp3) is 0.391. The van der Waals surface area contributed by atoms with Gasteiger partial charge in [0.1, 0.15) is 16.7 Å². The van der Waals surface area contributed by atoms with E-state index in [0.717, 1.165) is 37.7 Å². The zero-order valence-corrected chi connectivity index (χ0v) is 15.8. The lowest BCUT2D eigenvalue weighted by Gasteiger charge is -2.31. The fourth-order valence-corrected chi connectivity index (χ4v) is 4.84. The molecule has 0 radical (unpaired) electrons. The summed E-state index contributed by atoms with van der Waals surface area (Å²) in [6.45, 7) is 2.09. The molecule has 4 rings (SSSR count). The number of allylic oxidation sites excluding steroid dienone is 2. The number of benzene rings is 2. The molecule has 0 saturated heterocycles. The van der Waals surface area contributed by atoms with Gasteiger partial charge in [-0.25, -0.2) is 8.78 Å². The zero-order valence-electron chi connectivity index (χ0n) is 15.0. The highest BCUT2D eigenvalue weighted by atomic mass is 35.5. The Morgan fingerprint density at radius 3 is 2.23 bits per heavy atom. The summed E-state index contributed by atoms with van der Waals surface area (Å²) >= 11 is 5.63. The minimum absolute atomic E-state index is 0.154. The van der Waals surface area contributed by atoms with Crippen molar-refractivity contribution in [2.75, 3.05) is 0 Å². The molecule has 136 valence electrons. The van der Waals surface area contributed by atoms with Crippen LogP contribution in [0.1, 0.15) is 53.5 Å². The van der Waals surface area contributed by atoms with E-state index >= 15 is 0 Å². The smallest absolute Gasteiger partial charge is 0.145 e. The highest BCUT2D eigenvalue weighted by Gasteiger charge is 2.27. The van der Waals surface area contributed by atoms with Gasteiger partial charge >= 0.3 is 0 Å². The van der Waals surface area contributed by atoms with Crippen LogP contribution >= 0.6 is 11.6 Å². The lowest BCUT2D eigenvalue weighted by Crippen LogP contribution is -2.20. The molecular weight excluding hydrogens is 350 g/mol. The van der Waals surface area contributed by atoms with E-state index in [1.807, 2.05) is 0 Å². The van der Waals surface area contributed by atoms with Gasteiger partial charge in [-0.05, 0) is 97.2 Å². The Morgan fingerprint density at radius 2 is 1.58 bits per heavy atom. The van der Waals surface area contributed by atoms with Crippen LogP contribution in [0.2, 0.25) is 5.02 Å². The van der Waals surface area contributed by atoms with Crippen LogP contribution in [0.3, 0.4) is 0 Å². The van der Waals surface area contributed by atoms with Gasteiger partial charge in [0, 0.05) is 0 Å². The Hall–Kier alpha value is -1.67. The van der Waals surface area contributed by atoms with E-state index in [1.165, 1.54) is 40.8 Å². The second kappa shape index (κ2) is 7.15. The topological polar surface area (TPSA) is 0 Å². The molecule has 2 aliphatic rings. The molecule has 0 heterocycles. The largest absolute Gasteiger partial charge is 0.205 e. The second-order valence-corrected chi connectivity index (χ2v) is 7.99. The van der Waals surface area contributed by atoms with Crippen molar-refractivity contribution in [1.29, 1.82) is 0 Å². The SMILES string of the molecule is CC=CC1CCc2c(ccc3c2CCC(c2cc(F)c(Cl)c(F)c2)C3)C1. The van der Waals surface area contributed by atoms with E-state index in [4.69, 9.17) is 11.6 Å². The first-order valence-corrected chi connectivity index (χ1v) is 9.84. The number of hydrogen-bond acceptors (Lipinski definition) is 0. The molecule has 2 aliphatic carbocycles. The van der Waals surface area contributed by atoms with E-state index in [9.17, 15) is 8.78 Å². The number of halogens is 3. The predicted octanol–water partition coefficient (Wildman–Crippen LogP) is 6.57. The van der Waals surface area contributed by atoms with E-state index in [-0.39, 0.29) is 5.92 Å². The Morgan fingerprint density at radius 1 is 0.962 bits per heavy atom. The van der Waals surface area contributed by atoms with Crippen LogP contribution in [-0.2, 0) is 25.7 Å². The van der Waals surface area contributed by atoms with E-state index in [0.29, 0.717) is 5.92 Å². The van der Waals surface area contributed by atoms with E-state index in [1.54, 1.807) is 0 Å². The minimum atomic E-state index is -0.659. The summed E-state index contributed by atoms with van der Waals surface area (Å²) in [6, 6.07) is 7.32. The first-order chi connectivity index (χ1) is 12.6. The van der Waals surface area contributed by atoms with Crippen molar-refractivity contribution in [3.8, 4) is 0 Å². The van der Waals surface area contributed by atoms with E-state index in [2.05, 4.69) is 31.2 Å². The molecule has 2 atom stereocenters. The van der Waals surface area contributed by atoms with Crippen LogP contribution in [0.5, 0.6) is 0 Å². The van der Waals surface area contributed by atoms with Crippen LogP contribution in [0.4, 0.5) is 8.78 Å². The molecule has 0 aromatic heterocycles. The number of rotatable bonds is 2. The van der Waals surface area contributed by atoms with Crippen molar-refractivity contribution < 1.29 is 8.78 Å². The van der Waals surface area contributed by atoms with Gasteiger partial charge in [0.15, 0.2) is 0 Å². The van der Waals surface area contributed by atoms with Gasteiger partial charge in [0.2, 0.25) is 0 Å². The molecule has 2 aromatic carbocycles. The van der Waals surface area contributed by atoms with Crippen molar-refractivity contribution in [2.45, 2.75) is 51.4 Å². The third-order valence-corrected chi connectivity index (χ3v) is 6.38. The monoisotopic (exact) mass is 372 g/mol. The summed E-state index contributed by atoms with van der Waals surface area (Å²) in [5.41, 5.74) is 6.59. The van der Waals surface area contributed by atoms with Gasteiger partial charge in [-0.2, -0.15) is 0 Å². The van der Waals surface area contributed by atoms with Crippen molar-refractivity contribution in [2.24, 2.45) is 5.92 Å². The van der Waals surface area contributed by atoms with Crippen LogP contribution < -0.4 is 0 Å². The Kier molecular flexibility index (Phi) is 4.88. The highest BCUT2D eigenvalue weighted by molar-refractivity contribution is 6.30. The molecule has 0 N–H and O–H groups in total. The lowest BCUT2D eigenvalue weighted by molar-refractivity contribution is 0.528. The first kappa shape index (κ1) is 17.7. The molecule has 26 heavy (non-hydrogen) atoms. The molecule has 3 heteroatoms. The average molecular weight is 373 g/mol. The molecule has 0 amide bonds. The average Bonchev–Trinajstić information content (AvgIpc) is 2.65. The maximum Gasteiger partial charge on any atom is 0.145 e. The van der Waals surface area contributed by atoms with Gasteiger partial charge in [0.05, 0.1) is 0 Å². The minimum Gasteiger partial charge on any atom is -0.205 e. The molecule has 0 saturated carbocycles. The third-order valence-electron chi connectivity index (χ3n) is 6.02. The van der Waals surface area contributed by atoms with Crippen LogP contribution in [0.15, 0.2) is 36.4 Å². The molecule has 2 aromatic rings. The van der Waals surface area contributed by atoms with E-state index < -0.39 is 16.7 Å². The van der Waals surface area contributed by atoms with Crippen LogP contribution in [0, 0.1) is 17.6 Å². The molecule has 0 fully saturated rings. The standard InChI is InChI=1S/C23H23ClF2/c1-2-3-14-4-8-19-16(10-14)5-6-17-11-15(7-9-20(17)19)18-12-21(25)23(24)22(26)13-18/h2-3,5-6,12-15H,4,7-11H2,1H3. The summed E-state index contributed by atoms with van der Waals surface area (Å²) < 4.78 is 27.7. The Labute approximate surface area is 158 Å². The highest BCUT2D eigenvalue weighted by Crippen LogP contribution is 2.39. The number of hydrogen-bond donors (Lipinski definition) is 0. The van der Waals surface area contributed by atoms with Gasteiger partial charge < -0.3 is 0 Å². The third kappa shape index (κ3) is 3.20. The summed E-state index contributed by atoms with van der Waals surface area (Å²) in [7, 11) is 0. The molecule has 0 nitrogen and oxygen atoms in total. The Balaban J connectivity index is 1.61. The van der Waals surface area contributed by atoms with Gasteiger partial charge in [-0.15, -0.1) is 0 Å². The molecule has 0 bridgehead atoms.